The van der Waals surface area contributed by atoms with Crippen LogP contribution in [0.3, 0.4) is 0 Å². The van der Waals surface area contributed by atoms with Crippen LogP contribution in [0.1, 0.15) is 15.9 Å². The Kier molecular flexibility index (Phi) is 3.78. The zero-order valence-electron chi connectivity index (χ0n) is 8.88. The van der Waals surface area contributed by atoms with Crippen molar-refractivity contribution < 1.29 is 13.6 Å². The van der Waals surface area contributed by atoms with Crippen LogP contribution in [0.2, 0.25) is 5.02 Å². The molecule has 2 aromatic rings. The molecule has 0 N–H and O–H groups in total. The minimum Gasteiger partial charge on any atom is -0.289 e. The summed E-state index contributed by atoms with van der Waals surface area (Å²) in [6.07, 6.45) is 0. The molecular formula is C13H6BrClF2O. The molecule has 5 heteroatoms. The van der Waals surface area contributed by atoms with Gasteiger partial charge in [-0.3, -0.25) is 4.79 Å². The molecule has 0 spiro atoms. The highest BCUT2D eigenvalue weighted by Crippen LogP contribution is 2.24. The van der Waals surface area contributed by atoms with E-state index in [-0.39, 0.29) is 11.1 Å². The summed E-state index contributed by atoms with van der Waals surface area (Å²) >= 11 is 8.99. The van der Waals surface area contributed by atoms with E-state index in [1.54, 1.807) is 12.1 Å². The number of benzene rings is 2. The van der Waals surface area contributed by atoms with Crippen molar-refractivity contribution in [3.05, 3.63) is 68.7 Å². The van der Waals surface area contributed by atoms with Crippen LogP contribution in [0.5, 0.6) is 0 Å². The molecule has 1 nitrogen and oxygen atoms in total. The van der Waals surface area contributed by atoms with E-state index in [9.17, 15) is 13.6 Å². The normalized spacial score (nSPS) is 10.4. The van der Waals surface area contributed by atoms with Crippen molar-refractivity contribution in [2.24, 2.45) is 0 Å². The lowest BCUT2D eigenvalue weighted by Crippen LogP contribution is -2.03. The molecule has 0 aliphatic heterocycles. The Morgan fingerprint density at radius 1 is 1.06 bits per heavy atom. The number of halogens is 4. The fourth-order valence-electron chi connectivity index (χ4n) is 1.51. The van der Waals surface area contributed by atoms with Crippen molar-refractivity contribution in [2.45, 2.75) is 0 Å². The first-order valence-electron chi connectivity index (χ1n) is 4.93. The third-order valence-corrected chi connectivity index (χ3v) is 3.22. The molecule has 92 valence electrons. The molecule has 0 unspecified atom stereocenters. The molecule has 0 radical (unpaired) electrons. The molecule has 0 bridgehead atoms. The van der Waals surface area contributed by atoms with Gasteiger partial charge in [0, 0.05) is 26.7 Å². The van der Waals surface area contributed by atoms with Gasteiger partial charge >= 0.3 is 0 Å². The lowest BCUT2D eigenvalue weighted by atomic mass is 10.0. The number of carbonyl (C=O) groups excluding carboxylic acids is 1. The molecule has 0 saturated carbocycles. The number of hydrogen-bond acceptors (Lipinski definition) is 1. The van der Waals surface area contributed by atoms with Crippen LogP contribution in [-0.4, -0.2) is 5.78 Å². The van der Waals surface area contributed by atoms with Crippen LogP contribution in [0.4, 0.5) is 8.78 Å². The van der Waals surface area contributed by atoms with E-state index in [4.69, 9.17) is 11.6 Å². The summed E-state index contributed by atoms with van der Waals surface area (Å²) in [5, 5.41) is 0.374. The maximum atomic E-state index is 13.1. The second kappa shape index (κ2) is 5.16. The van der Waals surface area contributed by atoms with Gasteiger partial charge in [-0.05, 0) is 30.3 Å². The predicted octanol–water partition coefficient (Wildman–Crippen LogP) is 4.61. The van der Waals surface area contributed by atoms with E-state index < -0.39 is 17.4 Å². The third kappa shape index (κ3) is 2.76. The molecule has 0 atom stereocenters. The Bertz CT molecular complexity index is 608. The third-order valence-electron chi connectivity index (χ3n) is 2.30. The summed E-state index contributed by atoms with van der Waals surface area (Å²) in [6, 6.07) is 7.33. The minimum atomic E-state index is -0.795. The van der Waals surface area contributed by atoms with Crippen molar-refractivity contribution in [1.82, 2.24) is 0 Å². The van der Waals surface area contributed by atoms with Crippen LogP contribution in [-0.2, 0) is 0 Å². The van der Waals surface area contributed by atoms with Gasteiger partial charge in [-0.2, -0.15) is 0 Å². The number of hydrogen-bond donors (Lipinski definition) is 0. The van der Waals surface area contributed by atoms with Gasteiger partial charge in [0.2, 0.25) is 0 Å². The van der Waals surface area contributed by atoms with E-state index >= 15 is 0 Å². The van der Waals surface area contributed by atoms with Gasteiger partial charge < -0.3 is 0 Å². The summed E-state index contributed by atoms with van der Waals surface area (Å²) in [5.74, 6) is -2.09. The zero-order chi connectivity index (χ0) is 13.3. The van der Waals surface area contributed by atoms with Crippen molar-refractivity contribution in [1.29, 1.82) is 0 Å². The second-order valence-electron chi connectivity index (χ2n) is 3.61. The fraction of sp³-hybridized carbons (Fsp3) is 0. The first kappa shape index (κ1) is 13.2. The predicted molar refractivity (Wildman–Crippen MR) is 68.9 cm³/mol. The Hall–Kier alpha value is -1.26. The monoisotopic (exact) mass is 330 g/mol. The number of rotatable bonds is 2. The summed E-state index contributed by atoms with van der Waals surface area (Å²) in [7, 11) is 0. The molecule has 0 aromatic heterocycles. The van der Waals surface area contributed by atoms with Gasteiger partial charge in [0.1, 0.15) is 11.6 Å². The smallest absolute Gasteiger partial charge is 0.194 e. The van der Waals surface area contributed by atoms with E-state index in [1.165, 1.54) is 6.07 Å². The van der Waals surface area contributed by atoms with E-state index in [2.05, 4.69) is 15.9 Å². The summed E-state index contributed by atoms with van der Waals surface area (Å²) in [5.41, 5.74) is 0.197. The maximum Gasteiger partial charge on any atom is 0.194 e. The average Bonchev–Trinajstić information content (AvgIpc) is 2.30. The van der Waals surface area contributed by atoms with Gasteiger partial charge in [0.25, 0.3) is 0 Å². The van der Waals surface area contributed by atoms with Crippen LogP contribution >= 0.6 is 27.5 Å². The van der Waals surface area contributed by atoms with E-state index in [0.29, 0.717) is 15.6 Å². The van der Waals surface area contributed by atoms with Crippen LogP contribution in [0.25, 0.3) is 0 Å². The van der Waals surface area contributed by atoms with Crippen molar-refractivity contribution in [3.63, 3.8) is 0 Å². The van der Waals surface area contributed by atoms with Crippen LogP contribution in [0.15, 0.2) is 40.9 Å². The zero-order valence-corrected chi connectivity index (χ0v) is 11.2. The highest BCUT2D eigenvalue weighted by molar-refractivity contribution is 9.10. The van der Waals surface area contributed by atoms with Crippen molar-refractivity contribution >= 4 is 33.3 Å². The molecule has 2 rings (SSSR count). The van der Waals surface area contributed by atoms with Gasteiger partial charge in [-0.1, -0.05) is 27.5 Å². The Balaban J connectivity index is 2.51. The first-order chi connectivity index (χ1) is 8.47. The molecule has 0 saturated heterocycles. The summed E-state index contributed by atoms with van der Waals surface area (Å²) in [6.45, 7) is 0. The number of carbonyl (C=O) groups is 1. The fourth-order valence-corrected chi connectivity index (χ4v) is 2.11. The lowest BCUT2D eigenvalue weighted by Gasteiger charge is -2.05. The SMILES string of the molecule is O=C(c1cc(F)cc(F)c1)c1cc(Cl)ccc1Br. The van der Waals surface area contributed by atoms with Crippen molar-refractivity contribution in [2.75, 3.05) is 0 Å². The molecule has 0 aliphatic carbocycles. The molecule has 0 aliphatic rings. The van der Waals surface area contributed by atoms with E-state index in [1.807, 2.05) is 0 Å². The molecule has 0 fully saturated rings. The van der Waals surface area contributed by atoms with Gasteiger partial charge in [0.15, 0.2) is 5.78 Å². The highest BCUT2D eigenvalue weighted by Gasteiger charge is 2.15. The minimum absolute atomic E-state index is 0.0598. The van der Waals surface area contributed by atoms with Crippen LogP contribution in [0, 0.1) is 11.6 Å². The van der Waals surface area contributed by atoms with Gasteiger partial charge in [-0.15, -0.1) is 0 Å². The molecular weight excluding hydrogens is 325 g/mol. The Morgan fingerprint density at radius 2 is 1.67 bits per heavy atom. The molecule has 0 amide bonds. The lowest BCUT2D eigenvalue weighted by molar-refractivity contribution is 0.103. The van der Waals surface area contributed by atoms with Crippen molar-refractivity contribution in [3.8, 4) is 0 Å². The van der Waals surface area contributed by atoms with E-state index in [0.717, 1.165) is 12.1 Å². The standard InChI is InChI=1S/C13H6BrClF2O/c14-12-2-1-8(15)5-11(12)13(18)7-3-9(16)6-10(17)4-7/h1-6H. The maximum absolute atomic E-state index is 13.1. The topological polar surface area (TPSA) is 17.1 Å². The molecule has 18 heavy (non-hydrogen) atoms. The largest absolute Gasteiger partial charge is 0.289 e. The van der Waals surface area contributed by atoms with Gasteiger partial charge in [0.05, 0.1) is 0 Å². The Morgan fingerprint density at radius 3 is 2.28 bits per heavy atom. The van der Waals surface area contributed by atoms with Crippen LogP contribution < -0.4 is 0 Å². The summed E-state index contributed by atoms with van der Waals surface area (Å²) < 4.78 is 26.6. The Labute approximate surface area is 116 Å². The number of ketones is 1. The average molecular weight is 332 g/mol. The van der Waals surface area contributed by atoms with Gasteiger partial charge in [-0.25, -0.2) is 8.78 Å². The molecule has 0 heterocycles. The quantitative estimate of drug-likeness (QED) is 0.734. The first-order valence-corrected chi connectivity index (χ1v) is 6.10. The highest BCUT2D eigenvalue weighted by atomic mass is 79.9. The molecule has 2 aromatic carbocycles. The second-order valence-corrected chi connectivity index (χ2v) is 4.90. The summed E-state index contributed by atoms with van der Waals surface area (Å²) in [4.78, 5) is 12.1.